The van der Waals surface area contributed by atoms with E-state index in [9.17, 15) is 18.3 Å². The van der Waals surface area contributed by atoms with E-state index in [0.717, 1.165) is 15.6 Å². The monoisotopic (exact) mass is 440 g/mol. The van der Waals surface area contributed by atoms with E-state index in [4.69, 9.17) is 0 Å². The van der Waals surface area contributed by atoms with Gasteiger partial charge in [-0.25, -0.2) is 8.42 Å². The van der Waals surface area contributed by atoms with Gasteiger partial charge in [0.1, 0.15) is 6.04 Å². The third-order valence-corrected chi connectivity index (χ3v) is 5.77. The van der Waals surface area contributed by atoms with Crippen molar-refractivity contribution in [1.29, 1.82) is 0 Å². The van der Waals surface area contributed by atoms with Crippen LogP contribution in [-0.2, 0) is 14.8 Å². The quantitative estimate of drug-likeness (QED) is 0.643. The van der Waals surface area contributed by atoms with Gasteiger partial charge in [-0.05, 0) is 56.7 Å². The summed E-state index contributed by atoms with van der Waals surface area (Å²) in [5.74, 6) is -0.638. The van der Waals surface area contributed by atoms with E-state index in [1.54, 1.807) is 24.3 Å². The van der Waals surface area contributed by atoms with Crippen molar-refractivity contribution in [1.82, 2.24) is 4.72 Å². The van der Waals surface area contributed by atoms with Crippen LogP contribution in [0.4, 0.5) is 5.69 Å². The summed E-state index contributed by atoms with van der Waals surface area (Å²) in [5.41, 5.74) is 2.26. The van der Waals surface area contributed by atoms with Crippen LogP contribution in [-0.4, -0.2) is 31.6 Å². The number of carbonyl (C=O) groups is 1. The number of carbonyl (C=O) groups excluding carboxylic acids is 1. The van der Waals surface area contributed by atoms with Crippen LogP contribution >= 0.6 is 15.9 Å². The maximum atomic E-state index is 12.5. The Morgan fingerprint density at radius 3 is 2.27 bits per heavy atom. The van der Waals surface area contributed by atoms with Crippen molar-refractivity contribution in [3.63, 3.8) is 0 Å². The van der Waals surface area contributed by atoms with Gasteiger partial charge >= 0.3 is 0 Å². The largest absolute Gasteiger partial charge is 0.391 e. The molecule has 2 aromatic carbocycles. The lowest BCUT2D eigenvalue weighted by Gasteiger charge is -2.21. The maximum absolute atomic E-state index is 12.5. The average molecular weight is 441 g/mol. The molecule has 2 aromatic rings. The van der Waals surface area contributed by atoms with Gasteiger partial charge in [0.05, 0.1) is 11.0 Å². The van der Waals surface area contributed by atoms with Gasteiger partial charge in [0, 0.05) is 10.2 Å². The molecule has 0 heterocycles. The van der Waals surface area contributed by atoms with Gasteiger partial charge in [0.15, 0.2) is 0 Å². The van der Waals surface area contributed by atoms with Crippen molar-refractivity contribution in [2.75, 3.05) is 5.32 Å². The van der Waals surface area contributed by atoms with Crippen molar-refractivity contribution >= 4 is 37.5 Å². The fourth-order valence-electron chi connectivity index (χ4n) is 2.30. The molecule has 3 N–H and O–H groups in total. The number of hydrogen-bond acceptors (Lipinski definition) is 4. The lowest BCUT2D eigenvalue weighted by molar-refractivity contribution is -0.119. The molecule has 6 nitrogen and oxygen atoms in total. The van der Waals surface area contributed by atoms with Crippen LogP contribution in [0, 0.1) is 13.8 Å². The number of benzene rings is 2. The molecule has 8 heteroatoms. The Hall–Kier alpha value is -1.74. The van der Waals surface area contributed by atoms with E-state index < -0.39 is 28.1 Å². The van der Waals surface area contributed by atoms with Crippen LogP contribution in [0.5, 0.6) is 0 Å². The van der Waals surface area contributed by atoms with Crippen LogP contribution in [0.25, 0.3) is 0 Å². The van der Waals surface area contributed by atoms with Crippen LogP contribution in [0.15, 0.2) is 51.8 Å². The Bertz CT molecular complexity index is 896. The van der Waals surface area contributed by atoms with Gasteiger partial charge in [-0.15, -0.1) is 0 Å². The Kier molecular flexibility index (Phi) is 6.57. The molecule has 0 saturated heterocycles. The number of aliphatic hydroxyl groups excluding tert-OH is 1. The Morgan fingerprint density at radius 1 is 1.12 bits per heavy atom. The molecule has 0 bridgehead atoms. The van der Waals surface area contributed by atoms with Gasteiger partial charge < -0.3 is 10.4 Å². The van der Waals surface area contributed by atoms with Crippen molar-refractivity contribution in [3.8, 4) is 0 Å². The highest BCUT2D eigenvalue weighted by atomic mass is 79.9. The maximum Gasteiger partial charge on any atom is 0.245 e. The van der Waals surface area contributed by atoms with E-state index in [1.165, 1.54) is 19.1 Å². The predicted molar refractivity (Wildman–Crippen MR) is 104 cm³/mol. The molecule has 2 unspecified atom stereocenters. The second-order valence-corrected chi connectivity index (χ2v) is 8.73. The smallest absolute Gasteiger partial charge is 0.245 e. The predicted octanol–water partition coefficient (Wildman–Crippen LogP) is 2.73. The molecule has 2 rings (SSSR count). The molecule has 2 atom stereocenters. The molecule has 140 valence electrons. The van der Waals surface area contributed by atoms with Crippen LogP contribution in [0.1, 0.15) is 18.1 Å². The summed E-state index contributed by atoms with van der Waals surface area (Å²) < 4.78 is 28.2. The summed E-state index contributed by atoms with van der Waals surface area (Å²) in [6.07, 6.45) is -1.22. The average Bonchev–Trinajstić information content (AvgIpc) is 2.55. The number of rotatable bonds is 6. The van der Waals surface area contributed by atoms with E-state index in [2.05, 4.69) is 26.0 Å². The number of aryl methyl sites for hydroxylation is 2. The van der Waals surface area contributed by atoms with Crippen LogP contribution < -0.4 is 10.0 Å². The van der Waals surface area contributed by atoms with Gasteiger partial charge in [0.2, 0.25) is 15.9 Å². The minimum atomic E-state index is -3.95. The number of halogens is 1. The molecular formula is C18H21BrN2O4S. The highest BCUT2D eigenvalue weighted by Crippen LogP contribution is 2.20. The zero-order valence-electron chi connectivity index (χ0n) is 14.7. The first kappa shape index (κ1) is 20.6. The molecule has 0 fully saturated rings. The van der Waals surface area contributed by atoms with Gasteiger partial charge in [-0.3, -0.25) is 4.79 Å². The lowest BCUT2D eigenvalue weighted by Crippen LogP contribution is -2.50. The first-order valence-corrected chi connectivity index (χ1v) is 10.2. The number of amides is 1. The Labute approximate surface area is 161 Å². The lowest BCUT2D eigenvalue weighted by atomic mass is 10.1. The molecule has 0 aliphatic carbocycles. The molecule has 0 aliphatic rings. The Balaban J connectivity index is 2.22. The van der Waals surface area contributed by atoms with E-state index in [-0.39, 0.29) is 4.90 Å². The molecule has 1 amide bonds. The molecule has 26 heavy (non-hydrogen) atoms. The minimum Gasteiger partial charge on any atom is -0.391 e. The fraction of sp³-hybridized carbons (Fsp3) is 0.278. The summed E-state index contributed by atoms with van der Waals surface area (Å²) in [6, 6.07) is 10.2. The van der Waals surface area contributed by atoms with Gasteiger partial charge in [0.25, 0.3) is 0 Å². The standard InChI is InChI=1S/C18H21BrN2O4S/c1-11-4-7-15(8-5-11)26(24,25)21-17(13(3)22)18(23)20-16-9-6-14(19)10-12(16)2/h4-10,13,17,21-22H,1-3H3,(H,20,23). The Morgan fingerprint density at radius 2 is 1.73 bits per heavy atom. The minimum absolute atomic E-state index is 0.0290. The summed E-state index contributed by atoms with van der Waals surface area (Å²) in [6.45, 7) is 5.01. The third-order valence-electron chi connectivity index (χ3n) is 3.82. The van der Waals surface area contributed by atoms with Crippen LogP contribution in [0.2, 0.25) is 0 Å². The first-order valence-electron chi connectivity index (χ1n) is 7.94. The van der Waals surface area contributed by atoms with Crippen molar-refractivity contribution in [3.05, 3.63) is 58.1 Å². The molecule has 0 saturated carbocycles. The van der Waals surface area contributed by atoms with Crippen molar-refractivity contribution < 1.29 is 18.3 Å². The second kappa shape index (κ2) is 8.30. The summed E-state index contributed by atoms with van der Waals surface area (Å²) in [7, 11) is -3.95. The molecule has 0 aromatic heterocycles. The summed E-state index contributed by atoms with van der Waals surface area (Å²) >= 11 is 3.34. The second-order valence-electron chi connectivity index (χ2n) is 6.10. The zero-order valence-corrected chi connectivity index (χ0v) is 17.1. The van der Waals surface area contributed by atoms with Crippen molar-refractivity contribution in [2.24, 2.45) is 0 Å². The van der Waals surface area contributed by atoms with Crippen molar-refractivity contribution in [2.45, 2.75) is 37.8 Å². The number of nitrogens with one attached hydrogen (secondary N) is 2. The number of aliphatic hydroxyl groups is 1. The van der Waals surface area contributed by atoms with Gasteiger partial charge in [-0.1, -0.05) is 33.6 Å². The summed E-state index contributed by atoms with van der Waals surface area (Å²) in [4.78, 5) is 12.6. The van der Waals surface area contributed by atoms with Crippen LogP contribution in [0.3, 0.4) is 0 Å². The van der Waals surface area contributed by atoms with E-state index in [1.807, 2.05) is 19.9 Å². The number of anilines is 1. The fourth-order valence-corrected chi connectivity index (χ4v) is 4.05. The van der Waals surface area contributed by atoms with E-state index >= 15 is 0 Å². The summed E-state index contributed by atoms with van der Waals surface area (Å²) in [5, 5.41) is 12.6. The topological polar surface area (TPSA) is 95.5 Å². The molecule has 0 radical (unpaired) electrons. The van der Waals surface area contributed by atoms with Gasteiger partial charge in [-0.2, -0.15) is 4.72 Å². The highest BCUT2D eigenvalue weighted by molar-refractivity contribution is 9.10. The third kappa shape index (κ3) is 5.14. The molecule has 0 aliphatic heterocycles. The molecule has 0 spiro atoms. The van der Waals surface area contributed by atoms with E-state index in [0.29, 0.717) is 5.69 Å². The number of hydrogen-bond donors (Lipinski definition) is 3. The number of sulfonamides is 1. The SMILES string of the molecule is Cc1ccc(S(=O)(=O)NC(C(=O)Nc2ccc(Br)cc2C)C(C)O)cc1. The normalized spacial score (nSPS) is 13.9. The highest BCUT2D eigenvalue weighted by Gasteiger charge is 2.29. The molecular weight excluding hydrogens is 420 g/mol. The zero-order chi connectivity index (χ0) is 19.5. The first-order chi connectivity index (χ1) is 12.1.